The van der Waals surface area contributed by atoms with Crippen LogP contribution >= 0.6 is 23.2 Å². The SMILES string of the molecule is CCCC1[C-]=CC(C(C)(C)C)=C1.Cc1[c-]c2c(cc1)-c1ccc(C)cc1C2.Clc1ccc([C](=[Zr+2])c2ccc(Cl)cc2)cc1.[Cl-].[Cl-]. The van der Waals surface area contributed by atoms with Crippen LogP contribution < -0.4 is 24.8 Å². The van der Waals surface area contributed by atoms with Crippen molar-refractivity contribution < 1.29 is 49.0 Å². The summed E-state index contributed by atoms with van der Waals surface area (Å²) in [5, 5.41) is 1.53. The molecule has 1 unspecified atom stereocenters. The van der Waals surface area contributed by atoms with Gasteiger partial charge in [0.2, 0.25) is 0 Å². The van der Waals surface area contributed by atoms with Crippen molar-refractivity contribution in [2.75, 3.05) is 0 Å². The van der Waals surface area contributed by atoms with Crippen LogP contribution in [-0.2, 0) is 30.7 Å². The van der Waals surface area contributed by atoms with Crippen LogP contribution in [0.1, 0.15) is 73.9 Å². The van der Waals surface area contributed by atoms with Gasteiger partial charge in [-0.3, -0.25) is 6.08 Å². The van der Waals surface area contributed by atoms with Crippen LogP contribution in [0.5, 0.6) is 0 Å². The summed E-state index contributed by atoms with van der Waals surface area (Å²) in [6.07, 6.45) is 11.5. The number of allylic oxidation sites excluding steroid dienone is 4. The number of rotatable bonds is 4. The van der Waals surface area contributed by atoms with E-state index >= 15 is 0 Å². The predicted molar refractivity (Wildman–Crippen MR) is 183 cm³/mol. The van der Waals surface area contributed by atoms with Crippen LogP contribution in [-0.4, -0.2) is 3.21 Å². The molecule has 6 rings (SSSR count). The summed E-state index contributed by atoms with van der Waals surface area (Å²) in [4.78, 5) is 0. The molecule has 45 heavy (non-hydrogen) atoms. The third-order valence-electron chi connectivity index (χ3n) is 7.66. The first-order chi connectivity index (χ1) is 20.4. The molecule has 0 amide bonds. The first-order valence-corrected chi connectivity index (χ1v) is 17.0. The van der Waals surface area contributed by atoms with Crippen LogP contribution in [0.3, 0.4) is 0 Å². The molecule has 4 aromatic rings. The Labute approximate surface area is 308 Å². The number of hydrogen-bond acceptors (Lipinski definition) is 0. The fourth-order valence-corrected chi connectivity index (χ4v) is 6.29. The van der Waals surface area contributed by atoms with Gasteiger partial charge in [-0.2, -0.15) is 35.4 Å². The van der Waals surface area contributed by atoms with Crippen molar-refractivity contribution in [3.8, 4) is 11.1 Å². The van der Waals surface area contributed by atoms with Crippen molar-refractivity contribution in [3.05, 3.63) is 152 Å². The van der Waals surface area contributed by atoms with Gasteiger partial charge in [0.05, 0.1) is 0 Å². The summed E-state index contributed by atoms with van der Waals surface area (Å²) in [7, 11) is 0. The Kier molecular flexibility index (Phi) is 15.8. The van der Waals surface area contributed by atoms with Crippen LogP contribution in [0.2, 0.25) is 10.0 Å². The van der Waals surface area contributed by atoms with Gasteiger partial charge in [0.1, 0.15) is 0 Å². The van der Waals surface area contributed by atoms with Crippen LogP contribution in [0.25, 0.3) is 11.1 Å². The number of benzene rings is 4. The van der Waals surface area contributed by atoms with Crippen molar-refractivity contribution in [3.63, 3.8) is 0 Å². The van der Waals surface area contributed by atoms with E-state index in [0.717, 1.165) is 16.5 Å². The van der Waals surface area contributed by atoms with E-state index in [9.17, 15) is 0 Å². The number of fused-ring (bicyclic) bond motifs is 3. The van der Waals surface area contributed by atoms with Gasteiger partial charge in [-0.15, -0.1) is 11.1 Å². The Morgan fingerprint density at radius 1 is 0.822 bits per heavy atom. The molecule has 0 aliphatic heterocycles. The molecule has 0 radical (unpaired) electrons. The zero-order valence-corrected chi connectivity index (χ0v) is 32.4. The summed E-state index contributed by atoms with van der Waals surface area (Å²) < 4.78 is 1.31. The Bertz CT molecular complexity index is 1530. The summed E-state index contributed by atoms with van der Waals surface area (Å²) in [6.45, 7) is 13.2. The van der Waals surface area contributed by atoms with Crippen molar-refractivity contribution >= 4 is 26.4 Å². The third-order valence-corrected chi connectivity index (χ3v) is 9.58. The van der Waals surface area contributed by atoms with Gasteiger partial charge >= 0.3 is 120 Å². The van der Waals surface area contributed by atoms with Crippen molar-refractivity contribution in [2.24, 2.45) is 11.3 Å². The molecule has 0 saturated heterocycles. The minimum atomic E-state index is 0. The average Bonchev–Trinajstić information content (AvgIpc) is 3.58. The summed E-state index contributed by atoms with van der Waals surface area (Å²) in [5.41, 5.74) is 12.3. The van der Waals surface area contributed by atoms with E-state index in [0.29, 0.717) is 11.3 Å². The van der Waals surface area contributed by atoms with Crippen molar-refractivity contribution in [1.82, 2.24) is 0 Å². The van der Waals surface area contributed by atoms with Gasteiger partial charge in [-0.25, -0.2) is 6.08 Å². The zero-order chi connectivity index (χ0) is 31.1. The second-order valence-electron chi connectivity index (χ2n) is 12.3. The van der Waals surface area contributed by atoms with E-state index in [-0.39, 0.29) is 24.8 Å². The third kappa shape index (κ3) is 11.2. The molecular formula is C40H40Cl4Zr-2. The maximum atomic E-state index is 5.86. The van der Waals surface area contributed by atoms with E-state index < -0.39 is 0 Å². The smallest absolute Gasteiger partial charge is 1.00 e. The second kappa shape index (κ2) is 18.0. The van der Waals surface area contributed by atoms with Gasteiger partial charge in [0.25, 0.3) is 0 Å². The van der Waals surface area contributed by atoms with Crippen LogP contribution in [0, 0.1) is 37.3 Å². The monoisotopic (exact) mass is 750 g/mol. The normalized spacial score (nSPS) is 13.9. The molecule has 0 nitrogen and oxygen atoms in total. The van der Waals surface area contributed by atoms with Gasteiger partial charge < -0.3 is 24.8 Å². The molecule has 0 bridgehead atoms. The zero-order valence-electron chi connectivity index (χ0n) is 26.9. The first-order valence-electron chi connectivity index (χ1n) is 15.0. The summed E-state index contributed by atoms with van der Waals surface area (Å²) in [6, 6.07) is 30.4. The van der Waals surface area contributed by atoms with E-state index in [1.165, 1.54) is 90.4 Å². The standard InChI is InChI=1S/C15H13.C13H8Cl2.C12H19.2ClH.Zr/c1-10-3-5-14-12(7-10)9-13-8-11(2)4-6-15(13)14;14-12-5-1-10(2-6-12)9-11-3-7-13(15)8-4-11;1-5-6-10-7-8-11(9-10)12(2,3)4;;;/h3-7H,9H2,1-2H3;1-8H;8-10H,5-6H2,1-4H3;2*1H;/q-1;;-1;;;+2/p-2. The summed E-state index contributed by atoms with van der Waals surface area (Å²) >= 11 is 13.1. The fraction of sp³-hybridized carbons (Fsp3) is 0.275. The predicted octanol–water partition coefficient (Wildman–Crippen LogP) is 5.54. The van der Waals surface area contributed by atoms with Crippen molar-refractivity contribution in [1.29, 1.82) is 0 Å². The summed E-state index contributed by atoms with van der Waals surface area (Å²) in [5.74, 6) is 0.587. The van der Waals surface area contributed by atoms with E-state index in [2.05, 4.69) is 96.2 Å². The van der Waals surface area contributed by atoms with Gasteiger partial charge in [-0.1, -0.05) is 88.1 Å². The number of aryl methyl sites for hydroxylation is 2. The van der Waals surface area contributed by atoms with Crippen LogP contribution in [0.4, 0.5) is 0 Å². The minimum absolute atomic E-state index is 0. The Morgan fingerprint density at radius 2 is 1.38 bits per heavy atom. The molecule has 2 aliphatic rings. The molecular weight excluding hydrogens is 713 g/mol. The fourth-order valence-electron chi connectivity index (χ4n) is 5.22. The maximum absolute atomic E-state index is 5.86. The Hall–Kier alpha value is -1.73. The van der Waals surface area contributed by atoms with Gasteiger partial charge in [-0.05, 0) is 18.9 Å². The molecule has 5 heteroatoms. The average molecular weight is 754 g/mol. The van der Waals surface area contributed by atoms with E-state index in [4.69, 9.17) is 23.2 Å². The molecule has 2 aliphatic carbocycles. The molecule has 0 fully saturated rings. The van der Waals surface area contributed by atoms with Gasteiger partial charge in [0.15, 0.2) is 0 Å². The largest absolute Gasteiger partial charge is 1.00 e. The molecule has 0 N–H and O–H groups in total. The van der Waals surface area contributed by atoms with E-state index in [1.54, 1.807) is 0 Å². The second-order valence-corrected chi connectivity index (χ2v) is 14.4. The first kappa shape index (κ1) is 39.5. The molecule has 0 saturated carbocycles. The molecule has 0 heterocycles. The van der Waals surface area contributed by atoms with E-state index in [1.807, 2.05) is 48.5 Å². The molecule has 234 valence electrons. The molecule has 0 spiro atoms. The molecule has 1 atom stereocenters. The van der Waals surface area contributed by atoms with Crippen LogP contribution in [0.15, 0.2) is 96.6 Å². The maximum Gasteiger partial charge on any atom is -1.00 e. The number of hydrogen-bond donors (Lipinski definition) is 0. The van der Waals surface area contributed by atoms with Crippen molar-refractivity contribution in [2.45, 2.75) is 60.8 Å². The topological polar surface area (TPSA) is 0 Å². The molecule has 4 aromatic carbocycles. The molecule has 0 aromatic heterocycles. The Balaban J connectivity index is 0.000000233. The quantitative estimate of drug-likeness (QED) is 0.212. The Morgan fingerprint density at radius 3 is 1.89 bits per heavy atom. The minimum Gasteiger partial charge on any atom is -1.00 e. The van der Waals surface area contributed by atoms with Gasteiger partial charge in [0, 0.05) is 0 Å². The number of halogens is 4.